The first-order valence-corrected chi connectivity index (χ1v) is 9.37. The average Bonchev–Trinajstić information content (AvgIpc) is 2.60. The number of rotatable bonds is 4. The molecule has 0 spiro atoms. The van der Waals surface area contributed by atoms with Crippen LogP contribution in [0.2, 0.25) is 5.02 Å². The summed E-state index contributed by atoms with van der Waals surface area (Å²) in [4.78, 5) is 2.08. The van der Waals surface area contributed by atoms with E-state index < -0.39 is 5.60 Å². The zero-order valence-electron chi connectivity index (χ0n) is 15.3. The second-order valence-electron chi connectivity index (χ2n) is 7.35. The van der Waals surface area contributed by atoms with Crippen molar-refractivity contribution in [2.24, 2.45) is 5.92 Å². The van der Waals surface area contributed by atoms with Gasteiger partial charge in [0, 0.05) is 17.5 Å². The molecule has 1 saturated carbocycles. The highest BCUT2D eigenvalue weighted by Gasteiger charge is 2.44. The van der Waals surface area contributed by atoms with Crippen LogP contribution in [0.3, 0.4) is 0 Å². The predicted molar refractivity (Wildman–Crippen MR) is 106 cm³/mol. The van der Waals surface area contributed by atoms with E-state index in [0.717, 1.165) is 36.9 Å². The summed E-state index contributed by atoms with van der Waals surface area (Å²) in [6.07, 6.45) is 4.74. The molecule has 0 heterocycles. The largest absolute Gasteiger partial charge is 0.380 e. The van der Waals surface area contributed by atoms with Gasteiger partial charge in [-0.1, -0.05) is 41.9 Å². The zero-order chi connectivity index (χ0) is 18.7. The lowest BCUT2D eigenvalue weighted by molar-refractivity contribution is -0.0176. The minimum Gasteiger partial charge on any atom is -0.380 e. The van der Waals surface area contributed by atoms with Gasteiger partial charge in [0.2, 0.25) is 0 Å². The lowest BCUT2D eigenvalue weighted by Crippen LogP contribution is -2.44. The van der Waals surface area contributed by atoms with E-state index in [1.54, 1.807) is 6.07 Å². The zero-order valence-corrected chi connectivity index (χ0v) is 16.0. The van der Waals surface area contributed by atoms with E-state index >= 15 is 0 Å². The monoisotopic (exact) mass is 373 g/mol. The van der Waals surface area contributed by atoms with Gasteiger partial charge in [-0.05, 0) is 74.3 Å². The first-order valence-electron chi connectivity index (χ1n) is 8.99. The first kappa shape index (κ1) is 19.1. The van der Waals surface area contributed by atoms with Crippen LogP contribution < -0.4 is 0 Å². The fourth-order valence-corrected chi connectivity index (χ4v) is 4.08. The maximum atomic E-state index is 13.9. The Bertz CT molecular complexity index is 787. The molecule has 1 fully saturated rings. The van der Waals surface area contributed by atoms with Crippen LogP contribution in [0.15, 0.2) is 54.1 Å². The van der Waals surface area contributed by atoms with E-state index in [9.17, 15) is 9.50 Å². The Morgan fingerprint density at radius 2 is 1.96 bits per heavy atom. The molecule has 2 atom stereocenters. The summed E-state index contributed by atoms with van der Waals surface area (Å²) in [6.45, 7) is 0.741. The molecular formula is C22H25ClFNO. The van der Waals surface area contributed by atoms with Crippen molar-refractivity contribution in [2.75, 3.05) is 20.6 Å². The third kappa shape index (κ3) is 4.01. The van der Waals surface area contributed by atoms with E-state index in [0.29, 0.717) is 10.6 Å². The fraction of sp³-hybridized carbons (Fsp3) is 0.364. The van der Waals surface area contributed by atoms with Crippen molar-refractivity contribution in [3.63, 3.8) is 0 Å². The summed E-state index contributed by atoms with van der Waals surface area (Å²) < 4.78 is 13.9. The van der Waals surface area contributed by atoms with E-state index in [4.69, 9.17) is 11.6 Å². The highest BCUT2D eigenvalue weighted by atomic mass is 35.5. The van der Waals surface area contributed by atoms with Gasteiger partial charge in [-0.15, -0.1) is 0 Å². The standard InChI is InChI=1S/C22H25ClFNO/c1-25(2)15-19-7-3-5-17(13-16-9-11-20(23)12-10-16)22(19,26)18-6-4-8-21(24)14-18/h4,6,8-14,19,26H,3,5,7,15H2,1-2H3/b17-13-. The first-order chi connectivity index (χ1) is 12.4. The van der Waals surface area contributed by atoms with Crippen LogP contribution in [0, 0.1) is 11.7 Å². The molecule has 138 valence electrons. The molecule has 4 heteroatoms. The average molecular weight is 374 g/mol. The van der Waals surface area contributed by atoms with Gasteiger partial charge in [0.25, 0.3) is 0 Å². The number of aliphatic hydroxyl groups is 1. The number of benzene rings is 2. The van der Waals surface area contributed by atoms with Crippen molar-refractivity contribution in [3.8, 4) is 0 Å². The molecule has 2 nitrogen and oxygen atoms in total. The van der Waals surface area contributed by atoms with Crippen LogP contribution >= 0.6 is 11.6 Å². The van der Waals surface area contributed by atoms with Crippen molar-refractivity contribution in [1.29, 1.82) is 0 Å². The molecule has 3 rings (SSSR count). The molecule has 1 aliphatic rings. The fourth-order valence-electron chi connectivity index (χ4n) is 3.95. The SMILES string of the molecule is CN(C)CC1CCC/C(=C/c2ccc(Cl)cc2)C1(O)c1cccc(F)c1. The van der Waals surface area contributed by atoms with Crippen molar-refractivity contribution < 1.29 is 9.50 Å². The Morgan fingerprint density at radius 1 is 1.23 bits per heavy atom. The van der Waals surface area contributed by atoms with Crippen LogP contribution in [0.5, 0.6) is 0 Å². The Balaban J connectivity index is 2.09. The topological polar surface area (TPSA) is 23.5 Å². The number of hydrogen-bond donors (Lipinski definition) is 1. The van der Waals surface area contributed by atoms with Crippen molar-refractivity contribution in [1.82, 2.24) is 4.90 Å². The third-order valence-electron chi connectivity index (χ3n) is 5.14. The maximum absolute atomic E-state index is 13.9. The molecule has 0 aromatic heterocycles. The van der Waals surface area contributed by atoms with E-state index in [1.165, 1.54) is 12.1 Å². The minimum absolute atomic E-state index is 0.00611. The highest BCUT2D eigenvalue weighted by Crippen LogP contribution is 2.46. The summed E-state index contributed by atoms with van der Waals surface area (Å²) in [6, 6.07) is 13.9. The van der Waals surface area contributed by atoms with E-state index in [2.05, 4.69) is 4.90 Å². The molecule has 2 aromatic carbocycles. The summed E-state index contributed by atoms with van der Waals surface area (Å²) >= 11 is 5.99. The quantitative estimate of drug-likeness (QED) is 0.804. The molecule has 1 aliphatic carbocycles. The van der Waals surface area contributed by atoms with Gasteiger partial charge in [-0.2, -0.15) is 0 Å². The Labute approximate surface area is 159 Å². The molecule has 1 N–H and O–H groups in total. The highest BCUT2D eigenvalue weighted by molar-refractivity contribution is 6.30. The van der Waals surface area contributed by atoms with Crippen LogP contribution in [0.25, 0.3) is 6.08 Å². The maximum Gasteiger partial charge on any atom is 0.123 e. The summed E-state index contributed by atoms with van der Waals surface area (Å²) in [7, 11) is 4.01. The molecule has 2 unspecified atom stereocenters. The Kier molecular flexibility index (Phi) is 5.81. The minimum atomic E-state index is -1.18. The van der Waals surface area contributed by atoms with E-state index in [-0.39, 0.29) is 11.7 Å². The van der Waals surface area contributed by atoms with Gasteiger partial charge in [0.1, 0.15) is 11.4 Å². The smallest absolute Gasteiger partial charge is 0.123 e. The number of hydrogen-bond acceptors (Lipinski definition) is 2. The number of nitrogens with zero attached hydrogens (tertiary/aromatic N) is 1. The molecule has 0 aliphatic heterocycles. The van der Waals surface area contributed by atoms with Gasteiger partial charge in [0.05, 0.1) is 0 Å². The Morgan fingerprint density at radius 3 is 2.62 bits per heavy atom. The predicted octanol–water partition coefficient (Wildman–Crippen LogP) is 5.11. The molecule has 0 amide bonds. The number of halogens is 2. The molecule has 0 radical (unpaired) electrons. The second-order valence-corrected chi connectivity index (χ2v) is 7.79. The van der Waals surface area contributed by atoms with Crippen LogP contribution in [-0.2, 0) is 5.60 Å². The van der Waals surface area contributed by atoms with E-state index in [1.807, 2.05) is 50.5 Å². The molecule has 2 aromatic rings. The summed E-state index contributed by atoms with van der Waals surface area (Å²) in [5.41, 5.74) is 1.38. The van der Waals surface area contributed by atoms with Gasteiger partial charge >= 0.3 is 0 Å². The summed E-state index contributed by atoms with van der Waals surface area (Å²) in [5, 5.41) is 12.5. The van der Waals surface area contributed by atoms with Crippen LogP contribution in [0.1, 0.15) is 30.4 Å². The van der Waals surface area contributed by atoms with Gasteiger partial charge in [-0.25, -0.2) is 4.39 Å². The third-order valence-corrected chi connectivity index (χ3v) is 5.39. The van der Waals surface area contributed by atoms with Gasteiger partial charge in [-0.3, -0.25) is 0 Å². The normalized spacial score (nSPS) is 25.0. The van der Waals surface area contributed by atoms with Gasteiger partial charge < -0.3 is 10.0 Å². The van der Waals surface area contributed by atoms with Crippen LogP contribution in [-0.4, -0.2) is 30.6 Å². The second kappa shape index (κ2) is 7.91. The van der Waals surface area contributed by atoms with Crippen LogP contribution in [0.4, 0.5) is 4.39 Å². The molecule has 0 bridgehead atoms. The summed E-state index contributed by atoms with van der Waals surface area (Å²) in [5.74, 6) is -0.317. The Hall–Kier alpha value is -1.68. The molecule has 26 heavy (non-hydrogen) atoms. The molecular weight excluding hydrogens is 349 g/mol. The lowest BCUT2D eigenvalue weighted by atomic mass is 9.67. The van der Waals surface area contributed by atoms with Gasteiger partial charge in [0.15, 0.2) is 0 Å². The lowest BCUT2D eigenvalue weighted by Gasteiger charge is -2.44. The van der Waals surface area contributed by atoms with Crippen molar-refractivity contribution in [2.45, 2.75) is 24.9 Å². The molecule has 0 saturated heterocycles. The van der Waals surface area contributed by atoms with Crippen molar-refractivity contribution in [3.05, 3.63) is 76.1 Å². The van der Waals surface area contributed by atoms with Crippen molar-refractivity contribution >= 4 is 17.7 Å².